The molecule has 2 aromatic carbocycles. The second kappa shape index (κ2) is 9.95. The summed E-state index contributed by atoms with van der Waals surface area (Å²) in [6.45, 7) is 5.76. The predicted molar refractivity (Wildman–Crippen MR) is 117 cm³/mol. The van der Waals surface area contributed by atoms with Crippen LogP contribution in [-0.2, 0) is 16.4 Å². The van der Waals surface area contributed by atoms with Crippen molar-refractivity contribution >= 4 is 15.9 Å². The summed E-state index contributed by atoms with van der Waals surface area (Å²) >= 11 is 0. The van der Waals surface area contributed by atoms with Gasteiger partial charge in [0, 0.05) is 25.2 Å². The molecule has 1 N–H and O–H groups in total. The minimum Gasteiger partial charge on any atom is -0.493 e. The molecule has 30 heavy (non-hydrogen) atoms. The number of sulfonamides is 1. The quantitative estimate of drug-likeness (QED) is 0.656. The molecule has 164 valence electrons. The molecule has 0 spiro atoms. The van der Waals surface area contributed by atoms with E-state index in [-0.39, 0.29) is 16.8 Å². The molecule has 2 aromatic rings. The second-order valence-corrected chi connectivity index (χ2v) is 9.13. The van der Waals surface area contributed by atoms with Crippen molar-refractivity contribution in [2.24, 2.45) is 0 Å². The Bertz CT molecular complexity index is 1000. The summed E-state index contributed by atoms with van der Waals surface area (Å²) in [6, 6.07) is 10.0. The average Bonchev–Trinajstić information content (AvgIpc) is 2.70. The van der Waals surface area contributed by atoms with E-state index in [4.69, 9.17) is 9.47 Å². The van der Waals surface area contributed by atoms with Crippen molar-refractivity contribution in [1.29, 1.82) is 0 Å². The lowest BCUT2D eigenvalue weighted by molar-refractivity contribution is 0.0795. The molecule has 0 aliphatic rings. The number of nitrogens with zero attached hydrogens (tertiary/aromatic N) is 1. The zero-order valence-electron chi connectivity index (χ0n) is 18.4. The van der Waals surface area contributed by atoms with Gasteiger partial charge in [-0.05, 0) is 62.6 Å². The van der Waals surface area contributed by atoms with Gasteiger partial charge in [0.15, 0.2) is 11.5 Å². The van der Waals surface area contributed by atoms with E-state index < -0.39 is 10.0 Å². The van der Waals surface area contributed by atoms with E-state index in [9.17, 15) is 13.2 Å². The molecule has 8 heteroatoms. The number of nitrogens with one attached hydrogen (secondary N) is 1. The number of carbonyl (C=O) groups is 1. The summed E-state index contributed by atoms with van der Waals surface area (Å²) in [4.78, 5) is 14.6. The molecule has 0 aliphatic carbocycles. The van der Waals surface area contributed by atoms with E-state index in [2.05, 4.69) is 4.72 Å². The monoisotopic (exact) mass is 434 g/mol. The molecule has 0 saturated heterocycles. The lowest BCUT2D eigenvalue weighted by Crippen LogP contribution is -2.32. The minimum atomic E-state index is -3.67. The Kier molecular flexibility index (Phi) is 7.86. The molecule has 0 saturated carbocycles. The maximum atomic E-state index is 13.0. The molecule has 0 bridgehead atoms. The number of methoxy groups -OCH3 is 2. The zero-order chi connectivity index (χ0) is 22.5. The van der Waals surface area contributed by atoms with Crippen LogP contribution in [0.15, 0.2) is 41.3 Å². The lowest BCUT2D eigenvalue weighted by Gasteiger charge is -2.19. The van der Waals surface area contributed by atoms with Gasteiger partial charge in [-0.15, -0.1) is 0 Å². The van der Waals surface area contributed by atoms with E-state index >= 15 is 0 Å². The number of ether oxygens (including phenoxy) is 2. The van der Waals surface area contributed by atoms with Gasteiger partial charge in [-0.1, -0.05) is 12.1 Å². The Morgan fingerprint density at radius 1 is 1.07 bits per heavy atom. The van der Waals surface area contributed by atoms with Crippen LogP contribution >= 0.6 is 0 Å². The molecule has 1 amide bonds. The molecule has 0 aliphatic heterocycles. The normalized spacial score (nSPS) is 11.4. The van der Waals surface area contributed by atoms with Crippen molar-refractivity contribution in [3.05, 3.63) is 53.1 Å². The van der Waals surface area contributed by atoms with E-state index in [0.29, 0.717) is 30.0 Å². The number of amides is 1. The number of carbonyl (C=O) groups excluding carboxylic acids is 1. The minimum absolute atomic E-state index is 0.0819. The second-order valence-electron chi connectivity index (χ2n) is 7.42. The molecule has 0 atom stereocenters. The molecule has 2 rings (SSSR count). The number of benzene rings is 2. The number of likely N-dealkylation sites (N-methyl/N-ethyl adjacent to an activating group) is 1. The van der Waals surface area contributed by atoms with Crippen molar-refractivity contribution in [1.82, 2.24) is 9.62 Å². The third-order valence-electron chi connectivity index (χ3n) is 4.67. The fourth-order valence-corrected chi connectivity index (χ4v) is 4.29. The summed E-state index contributed by atoms with van der Waals surface area (Å²) < 4.78 is 38.0. The Morgan fingerprint density at radius 3 is 2.33 bits per heavy atom. The summed E-state index contributed by atoms with van der Waals surface area (Å²) in [7, 11) is 1.19. The third-order valence-corrected chi connectivity index (χ3v) is 6.33. The molecule has 0 radical (unpaired) electrons. The number of hydrogen-bond donors (Lipinski definition) is 1. The highest BCUT2D eigenvalue weighted by atomic mass is 32.2. The highest BCUT2D eigenvalue weighted by Gasteiger charge is 2.20. The third kappa shape index (κ3) is 5.73. The first-order valence-electron chi connectivity index (χ1n) is 9.68. The first-order valence-corrected chi connectivity index (χ1v) is 11.2. The Balaban J connectivity index is 2.17. The fourth-order valence-electron chi connectivity index (χ4n) is 3.02. The van der Waals surface area contributed by atoms with Crippen LogP contribution in [-0.4, -0.2) is 53.1 Å². The van der Waals surface area contributed by atoms with Crippen molar-refractivity contribution < 1.29 is 22.7 Å². The topological polar surface area (TPSA) is 84.9 Å². The van der Waals surface area contributed by atoms with E-state index in [1.807, 2.05) is 18.2 Å². The van der Waals surface area contributed by atoms with Gasteiger partial charge >= 0.3 is 0 Å². The van der Waals surface area contributed by atoms with Crippen molar-refractivity contribution in [3.8, 4) is 11.5 Å². The Hall–Kier alpha value is -2.58. The van der Waals surface area contributed by atoms with Crippen molar-refractivity contribution in [3.63, 3.8) is 0 Å². The zero-order valence-corrected chi connectivity index (χ0v) is 19.2. The smallest absolute Gasteiger partial charge is 0.253 e. The van der Waals surface area contributed by atoms with Crippen LogP contribution in [0.5, 0.6) is 11.5 Å². The van der Waals surface area contributed by atoms with Gasteiger partial charge in [0.2, 0.25) is 10.0 Å². The van der Waals surface area contributed by atoms with Gasteiger partial charge in [-0.25, -0.2) is 13.1 Å². The van der Waals surface area contributed by atoms with Gasteiger partial charge in [0.1, 0.15) is 0 Å². The first kappa shape index (κ1) is 23.7. The highest BCUT2D eigenvalue weighted by Crippen LogP contribution is 2.27. The summed E-state index contributed by atoms with van der Waals surface area (Å²) in [5, 5.41) is 0. The first-order chi connectivity index (χ1) is 14.1. The SMILES string of the molecule is COc1ccc(CCN(C)C(=O)c2cc(S(=O)(=O)NC(C)C)ccc2C)cc1OC. The summed E-state index contributed by atoms with van der Waals surface area (Å²) in [5.74, 6) is 1.05. The van der Waals surface area contributed by atoms with Gasteiger partial charge in [0.25, 0.3) is 5.91 Å². The molecular formula is C22H30N2O5S. The largest absolute Gasteiger partial charge is 0.493 e. The van der Waals surface area contributed by atoms with Gasteiger partial charge < -0.3 is 14.4 Å². The van der Waals surface area contributed by atoms with Crippen LogP contribution in [0.1, 0.15) is 35.3 Å². The number of hydrogen-bond acceptors (Lipinski definition) is 5. The maximum absolute atomic E-state index is 13.0. The van der Waals surface area contributed by atoms with Crippen LogP contribution in [0.25, 0.3) is 0 Å². The molecule has 7 nitrogen and oxygen atoms in total. The Morgan fingerprint density at radius 2 is 1.73 bits per heavy atom. The fraction of sp³-hybridized carbons (Fsp3) is 0.409. The maximum Gasteiger partial charge on any atom is 0.253 e. The van der Waals surface area contributed by atoms with Crippen LogP contribution < -0.4 is 14.2 Å². The van der Waals surface area contributed by atoms with Gasteiger partial charge in [-0.3, -0.25) is 4.79 Å². The number of aryl methyl sites for hydroxylation is 1. The van der Waals surface area contributed by atoms with Crippen LogP contribution in [0, 0.1) is 6.92 Å². The molecule has 0 heterocycles. The van der Waals surface area contributed by atoms with Gasteiger partial charge in [-0.2, -0.15) is 0 Å². The van der Waals surface area contributed by atoms with Crippen LogP contribution in [0.2, 0.25) is 0 Å². The van der Waals surface area contributed by atoms with Gasteiger partial charge in [0.05, 0.1) is 19.1 Å². The number of rotatable bonds is 9. The van der Waals surface area contributed by atoms with Crippen molar-refractivity contribution in [2.45, 2.75) is 38.1 Å². The summed E-state index contributed by atoms with van der Waals surface area (Å²) in [6.07, 6.45) is 0.620. The molecule has 0 unspecified atom stereocenters. The van der Waals surface area contributed by atoms with Crippen molar-refractivity contribution in [2.75, 3.05) is 27.8 Å². The molecular weight excluding hydrogens is 404 g/mol. The highest BCUT2D eigenvalue weighted by molar-refractivity contribution is 7.89. The van der Waals surface area contributed by atoms with E-state index in [0.717, 1.165) is 11.1 Å². The lowest BCUT2D eigenvalue weighted by atomic mass is 10.1. The summed E-state index contributed by atoms with van der Waals surface area (Å²) in [5.41, 5.74) is 2.10. The van der Waals surface area contributed by atoms with E-state index in [1.165, 1.54) is 12.1 Å². The predicted octanol–water partition coefficient (Wildman–Crippen LogP) is 3.01. The van der Waals surface area contributed by atoms with E-state index in [1.54, 1.807) is 53.0 Å². The Labute approximate surface area is 179 Å². The molecule has 0 aromatic heterocycles. The standard InChI is InChI=1S/C22H30N2O5S/c1-15(2)23-30(26,27)18-9-7-16(3)19(14-18)22(25)24(4)12-11-17-8-10-20(28-5)21(13-17)29-6/h7-10,13-15,23H,11-12H2,1-6H3. The van der Waals surface area contributed by atoms with Crippen LogP contribution in [0.3, 0.4) is 0 Å². The molecule has 0 fully saturated rings. The van der Waals surface area contributed by atoms with Crippen LogP contribution in [0.4, 0.5) is 0 Å². The average molecular weight is 435 g/mol.